The zero-order valence-corrected chi connectivity index (χ0v) is 15.0. The van der Waals surface area contributed by atoms with Gasteiger partial charge in [0.05, 0.1) is 6.61 Å². The maximum absolute atomic E-state index is 5.88. The Morgan fingerprint density at radius 3 is 2.62 bits per heavy atom. The molecule has 0 bridgehead atoms. The van der Waals surface area contributed by atoms with Crippen LogP contribution in [0, 0.1) is 12.8 Å². The predicted octanol–water partition coefficient (Wildman–Crippen LogP) is 4.41. The number of nitrogens with one attached hydrogen (secondary N) is 1. The minimum Gasteiger partial charge on any atom is -0.467 e. The van der Waals surface area contributed by atoms with Gasteiger partial charge in [0, 0.05) is 22.1 Å². The first kappa shape index (κ1) is 16.8. The normalized spacial score (nSPS) is 15.3. The van der Waals surface area contributed by atoms with E-state index in [1.54, 1.807) is 0 Å². The largest absolute Gasteiger partial charge is 0.467 e. The quantitative estimate of drug-likeness (QED) is 0.580. The summed E-state index contributed by atoms with van der Waals surface area (Å²) in [5, 5.41) is 3.51. The maximum Gasteiger partial charge on any atom is 0.189 e. The summed E-state index contributed by atoms with van der Waals surface area (Å²) in [7, 11) is 0. The van der Waals surface area contributed by atoms with E-state index in [4.69, 9.17) is 9.47 Å². The molecule has 1 aliphatic rings. The highest BCUT2D eigenvalue weighted by molar-refractivity contribution is 9.10. The van der Waals surface area contributed by atoms with E-state index in [0.29, 0.717) is 6.79 Å². The van der Waals surface area contributed by atoms with Crippen LogP contribution in [0.25, 0.3) is 0 Å². The Balaban J connectivity index is 1.98. The smallest absolute Gasteiger partial charge is 0.189 e. The molecule has 1 N–H and O–H groups in total. The topological polar surface area (TPSA) is 30.5 Å². The van der Waals surface area contributed by atoms with Crippen LogP contribution in [0.15, 0.2) is 16.6 Å². The van der Waals surface area contributed by atoms with Gasteiger partial charge in [0.1, 0.15) is 5.75 Å². The van der Waals surface area contributed by atoms with Crippen molar-refractivity contribution in [2.24, 2.45) is 5.92 Å². The van der Waals surface area contributed by atoms with Crippen LogP contribution in [-0.4, -0.2) is 18.9 Å². The Labute approximate surface area is 136 Å². The molecule has 0 aromatic heterocycles. The lowest BCUT2D eigenvalue weighted by Gasteiger charge is -2.22. The minimum atomic E-state index is 0.0793. The standard InChI is InChI=1S/C17H26BrNO2/c1-12-7-15(18)8-14(9-19-17(2,3)4)16(12)21-11-20-10-13-5-6-13/h7-8,13,19H,5-6,9-11H2,1-4H3. The van der Waals surface area contributed by atoms with Gasteiger partial charge in [0.2, 0.25) is 0 Å². The summed E-state index contributed by atoms with van der Waals surface area (Å²) < 4.78 is 12.6. The number of halogens is 1. The van der Waals surface area contributed by atoms with Gasteiger partial charge in [0.25, 0.3) is 0 Å². The Hall–Kier alpha value is -0.580. The third-order valence-electron chi connectivity index (χ3n) is 3.46. The summed E-state index contributed by atoms with van der Waals surface area (Å²) in [5.74, 6) is 1.70. The Morgan fingerprint density at radius 2 is 2.00 bits per heavy atom. The van der Waals surface area contributed by atoms with Crippen LogP contribution in [0.4, 0.5) is 0 Å². The Bertz CT molecular complexity index is 478. The van der Waals surface area contributed by atoms with Crippen molar-refractivity contribution < 1.29 is 9.47 Å². The summed E-state index contributed by atoms with van der Waals surface area (Å²) in [6, 6.07) is 4.19. The van der Waals surface area contributed by atoms with Gasteiger partial charge in [-0.3, -0.25) is 0 Å². The average Bonchev–Trinajstić information content (AvgIpc) is 3.17. The molecule has 0 aliphatic heterocycles. The fourth-order valence-electron chi connectivity index (χ4n) is 2.10. The van der Waals surface area contributed by atoms with Gasteiger partial charge in [-0.1, -0.05) is 15.9 Å². The number of hydrogen-bond acceptors (Lipinski definition) is 3. The van der Waals surface area contributed by atoms with Crippen LogP contribution in [0.1, 0.15) is 44.7 Å². The SMILES string of the molecule is Cc1cc(Br)cc(CNC(C)(C)C)c1OCOCC1CC1. The number of hydrogen-bond donors (Lipinski definition) is 1. The molecule has 2 rings (SSSR count). The molecule has 0 amide bonds. The molecule has 4 heteroatoms. The van der Waals surface area contributed by atoms with Gasteiger partial charge >= 0.3 is 0 Å². The monoisotopic (exact) mass is 355 g/mol. The van der Waals surface area contributed by atoms with Gasteiger partial charge < -0.3 is 14.8 Å². The molecule has 21 heavy (non-hydrogen) atoms. The second kappa shape index (κ2) is 7.12. The fraction of sp³-hybridized carbons (Fsp3) is 0.647. The Kier molecular flexibility index (Phi) is 5.69. The summed E-state index contributed by atoms with van der Waals surface area (Å²) in [4.78, 5) is 0. The number of rotatable bonds is 7. The molecule has 0 unspecified atom stereocenters. The third-order valence-corrected chi connectivity index (χ3v) is 3.92. The first-order valence-corrected chi connectivity index (χ1v) is 8.39. The molecule has 1 fully saturated rings. The molecule has 3 nitrogen and oxygen atoms in total. The number of ether oxygens (including phenoxy) is 2. The van der Waals surface area contributed by atoms with Crippen LogP contribution in [0.3, 0.4) is 0 Å². The van der Waals surface area contributed by atoms with Crippen molar-refractivity contribution in [1.29, 1.82) is 0 Å². The lowest BCUT2D eigenvalue weighted by Crippen LogP contribution is -2.35. The van der Waals surface area contributed by atoms with E-state index in [1.807, 2.05) is 0 Å². The summed E-state index contributed by atoms with van der Waals surface area (Å²) >= 11 is 3.56. The highest BCUT2D eigenvalue weighted by Gasteiger charge is 2.21. The predicted molar refractivity (Wildman–Crippen MR) is 89.6 cm³/mol. The van der Waals surface area contributed by atoms with E-state index in [2.05, 4.69) is 61.1 Å². The first-order chi connectivity index (χ1) is 9.85. The number of benzene rings is 1. The average molecular weight is 356 g/mol. The van der Waals surface area contributed by atoms with Crippen LogP contribution < -0.4 is 10.1 Å². The molecule has 0 atom stereocenters. The van der Waals surface area contributed by atoms with Crippen molar-refractivity contribution in [1.82, 2.24) is 5.32 Å². The molecule has 0 heterocycles. The highest BCUT2D eigenvalue weighted by atomic mass is 79.9. The molecule has 118 valence electrons. The molecule has 1 aromatic carbocycles. The molecule has 1 aromatic rings. The highest BCUT2D eigenvalue weighted by Crippen LogP contribution is 2.30. The van der Waals surface area contributed by atoms with E-state index >= 15 is 0 Å². The third kappa shape index (κ3) is 5.97. The molecule has 0 spiro atoms. The van der Waals surface area contributed by atoms with Gasteiger partial charge in [-0.25, -0.2) is 0 Å². The second-order valence-corrected chi connectivity index (χ2v) is 7.81. The van der Waals surface area contributed by atoms with Crippen molar-refractivity contribution in [3.05, 3.63) is 27.7 Å². The van der Waals surface area contributed by atoms with Gasteiger partial charge in [-0.15, -0.1) is 0 Å². The lowest BCUT2D eigenvalue weighted by molar-refractivity contribution is 0.00899. The van der Waals surface area contributed by atoms with Gasteiger partial charge in [0.15, 0.2) is 6.79 Å². The van der Waals surface area contributed by atoms with E-state index in [-0.39, 0.29) is 5.54 Å². The maximum atomic E-state index is 5.88. The van der Waals surface area contributed by atoms with Gasteiger partial charge in [-0.2, -0.15) is 0 Å². The van der Waals surface area contributed by atoms with Crippen molar-refractivity contribution in [3.8, 4) is 5.75 Å². The first-order valence-electron chi connectivity index (χ1n) is 7.60. The van der Waals surface area contributed by atoms with Crippen molar-refractivity contribution in [2.75, 3.05) is 13.4 Å². The van der Waals surface area contributed by atoms with Crippen molar-refractivity contribution in [2.45, 2.75) is 52.6 Å². The van der Waals surface area contributed by atoms with E-state index in [1.165, 1.54) is 12.8 Å². The molecular formula is C17H26BrNO2. The van der Waals surface area contributed by atoms with E-state index in [9.17, 15) is 0 Å². The van der Waals surface area contributed by atoms with Crippen LogP contribution in [-0.2, 0) is 11.3 Å². The zero-order chi connectivity index (χ0) is 15.5. The van der Waals surface area contributed by atoms with Crippen LogP contribution in [0.5, 0.6) is 5.75 Å². The Morgan fingerprint density at radius 1 is 1.29 bits per heavy atom. The van der Waals surface area contributed by atoms with Crippen molar-refractivity contribution >= 4 is 15.9 Å². The summed E-state index contributed by atoms with van der Waals surface area (Å²) in [6.07, 6.45) is 2.61. The molecule has 1 saturated carbocycles. The summed E-state index contributed by atoms with van der Waals surface area (Å²) in [6.45, 7) is 10.5. The molecule has 0 saturated heterocycles. The lowest BCUT2D eigenvalue weighted by atomic mass is 10.1. The summed E-state index contributed by atoms with van der Waals surface area (Å²) in [5.41, 5.74) is 2.37. The minimum absolute atomic E-state index is 0.0793. The van der Waals surface area contributed by atoms with Crippen LogP contribution in [0.2, 0.25) is 0 Å². The zero-order valence-electron chi connectivity index (χ0n) is 13.5. The van der Waals surface area contributed by atoms with Gasteiger partial charge in [-0.05, 0) is 64.2 Å². The van der Waals surface area contributed by atoms with Crippen molar-refractivity contribution in [3.63, 3.8) is 0 Å². The van der Waals surface area contributed by atoms with Crippen LogP contribution >= 0.6 is 15.9 Å². The van der Waals surface area contributed by atoms with E-state index in [0.717, 1.165) is 40.4 Å². The second-order valence-electron chi connectivity index (χ2n) is 6.89. The molecule has 1 aliphatic carbocycles. The number of aryl methyl sites for hydroxylation is 1. The van der Waals surface area contributed by atoms with E-state index < -0.39 is 0 Å². The molecular weight excluding hydrogens is 330 g/mol. The molecule has 0 radical (unpaired) electrons. The fourth-order valence-corrected chi connectivity index (χ4v) is 2.72.